The zero-order valence-electron chi connectivity index (χ0n) is 11.1. The number of nitrogens with one attached hydrogen (secondary N) is 1. The Labute approximate surface area is 113 Å². The highest BCUT2D eigenvalue weighted by atomic mass is 32.2. The van der Waals surface area contributed by atoms with Gasteiger partial charge in [0.1, 0.15) is 0 Å². The summed E-state index contributed by atoms with van der Waals surface area (Å²) in [4.78, 5) is 25.1. The molecule has 6 nitrogen and oxygen atoms in total. The van der Waals surface area contributed by atoms with Gasteiger partial charge in [-0.25, -0.2) is 8.42 Å². The van der Waals surface area contributed by atoms with Crippen molar-refractivity contribution in [2.45, 2.75) is 32.2 Å². The number of likely N-dealkylation sites (tertiary alicyclic amines) is 1. The van der Waals surface area contributed by atoms with E-state index in [0.29, 0.717) is 19.5 Å². The molecule has 19 heavy (non-hydrogen) atoms. The minimum absolute atomic E-state index is 0.0130. The van der Waals surface area contributed by atoms with Crippen LogP contribution in [0.2, 0.25) is 0 Å². The van der Waals surface area contributed by atoms with Crippen molar-refractivity contribution in [3.8, 4) is 0 Å². The van der Waals surface area contributed by atoms with Gasteiger partial charge in [-0.2, -0.15) is 0 Å². The summed E-state index contributed by atoms with van der Waals surface area (Å²) in [5.41, 5.74) is 0. The summed E-state index contributed by atoms with van der Waals surface area (Å²) in [6.45, 7) is 2.65. The number of piperidine rings is 1. The average Bonchev–Trinajstić information content (AvgIpc) is 2.68. The first kappa shape index (κ1) is 14.3. The van der Waals surface area contributed by atoms with Gasteiger partial charge in [0.05, 0.1) is 17.4 Å². The molecule has 1 N–H and O–H groups in total. The van der Waals surface area contributed by atoms with E-state index in [0.717, 1.165) is 12.8 Å². The van der Waals surface area contributed by atoms with Crippen LogP contribution in [0.15, 0.2) is 0 Å². The summed E-state index contributed by atoms with van der Waals surface area (Å²) in [6.07, 6.45) is 2.08. The van der Waals surface area contributed by atoms with Crippen molar-refractivity contribution in [1.29, 1.82) is 0 Å². The van der Waals surface area contributed by atoms with Crippen molar-refractivity contribution in [3.05, 3.63) is 0 Å². The van der Waals surface area contributed by atoms with Gasteiger partial charge in [-0.15, -0.1) is 0 Å². The van der Waals surface area contributed by atoms with Crippen LogP contribution in [0.4, 0.5) is 0 Å². The number of amides is 2. The van der Waals surface area contributed by atoms with E-state index in [4.69, 9.17) is 0 Å². The molecule has 0 aromatic carbocycles. The minimum atomic E-state index is -2.98. The molecule has 0 saturated carbocycles. The van der Waals surface area contributed by atoms with Crippen LogP contribution in [0.3, 0.4) is 0 Å². The predicted molar refractivity (Wildman–Crippen MR) is 70.2 cm³/mol. The van der Waals surface area contributed by atoms with Gasteiger partial charge in [0.2, 0.25) is 11.8 Å². The van der Waals surface area contributed by atoms with Gasteiger partial charge in [-0.3, -0.25) is 9.59 Å². The topological polar surface area (TPSA) is 83.6 Å². The van der Waals surface area contributed by atoms with Crippen LogP contribution in [-0.4, -0.2) is 55.8 Å². The second-order valence-electron chi connectivity index (χ2n) is 5.41. The molecule has 0 aromatic rings. The number of hydrogen-bond acceptors (Lipinski definition) is 4. The second kappa shape index (κ2) is 5.48. The highest BCUT2D eigenvalue weighted by Gasteiger charge is 2.32. The molecule has 0 spiro atoms. The molecule has 2 atom stereocenters. The van der Waals surface area contributed by atoms with Crippen LogP contribution in [0.1, 0.15) is 26.2 Å². The fourth-order valence-electron chi connectivity index (χ4n) is 2.71. The first-order valence-electron chi connectivity index (χ1n) is 6.64. The van der Waals surface area contributed by atoms with Gasteiger partial charge in [0.15, 0.2) is 9.84 Å². The summed E-state index contributed by atoms with van der Waals surface area (Å²) in [7, 11) is -2.98. The van der Waals surface area contributed by atoms with Crippen molar-refractivity contribution in [1.82, 2.24) is 10.2 Å². The molecule has 0 radical (unpaired) electrons. The predicted octanol–water partition coefficient (Wildman–Crippen LogP) is -0.452. The largest absolute Gasteiger partial charge is 0.352 e. The summed E-state index contributed by atoms with van der Waals surface area (Å²) in [5.74, 6) is -0.140. The molecule has 0 bridgehead atoms. The lowest BCUT2D eigenvalue weighted by atomic mass is 9.96. The van der Waals surface area contributed by atoms with E-state index >= 15 is 0 Å². The number of carbonyl (C=O) groups excluding carboxylic acids is 2. The number of sulfone groups is 1. The monoisotopic (exact) mass is 288 g/mol. The lowest BCUT2D eigenvalue weighted by molar-refractivity contribution is -0.134. The molecule has 2 heterocycles. The van der Waals surface area contributed by atoms with Crippen LogP contribution in [0.25, 0.3) is 0 Å². The van der Waals surface area contributed by atoms with E-state index in [1.807, 2.05) is 0 Å². The standard InChI is InChI=1S/C12H20N2O4S/c1-9(15)14-5-2-3-10(7-14)12(16)13-11-4-6-19(17,18)8-11/h10-11H,2-8H2,1H3,(H,13,16)/t10-,11+/m1/s1. The summed E-state index contributed by atoms with van der Waals surface area (Å²) in [6, 6.07) is -0.259. The van der Waals surface area contributed by atoms with Gasteiger partial charge in [0.25, 0.3) is 0 Å². The van der Waals surface area contributed by atoms with E-state index in [1.165, 1.54) is 6.92 Å². The van der Waals surface area contributed by atoms with Gasteiger partial charge in [0, 0.05) is 26.1 Å². The van der Waals surface area contributed by atoms with Crippen molar-refractivity contribution in [3.63, 3.8) is 0 Å². The van der Waals surface area contributed by atoms with Crippen LogP contribution < -0.4 is 5.32 Å². The molecule has 7 heteroatoms. The number of rotatable bonds is 2. The zero-order chi connectivity index (χ0) is 14.0. The van der Waals surface area contributed by atoms with Crippen LogP contribution in [-0.2, 0) is 19.4 Å². The highest BCUT2D eigenvalue weighted by Crippen LogP contribution is 2.18. The maximum absolute atomic E-state index is 12.1. The molecule has 2 saturated heterocycles. The molecule has 0 unspecified atom stereocenters. The van der Waals surface area contributed by atoms with Crippen molar-refractivity contribution >= 4 is 21.7 Å². The van der Waals surface area contributed by atoms with Gasteiger partial charge in [-0.1, -0.05) is 0 Å². The fourth-order valence-corrected chi connectivity index (χ4v) is 4.38. The summed E-state index contributed by atoms with van der Waals surface area (Å²) >= 11 is 0. The molecule has 0 aromatic heterocycles. The average molecular weight is 288 g/mol. The fraction of sp³-hybridized carbons (Fsp3) is 0.833. The van der Waals surface area contributed by atoms with E-state index in [2.05, 4.69) is 5.32 Å². The van der Waals surface area contributed by atoms with Crippen molar-refractivity contribution < 1.29 is 18.0 Å². The van der Waals surface area contributed by atoms with Crippen LogP contribution in [0.5, 0.6) is 0 Å². The van der Waals surface area contributed by atoms with Crippen LogP contribution >= 0.6 is 0 Å². The Morgan fingerprint density at radius 3 is 2.58 bits per heavy atom. The van der Waals surface area contributed by atoms with E-state index < -0.39 is 9.84 Å². The Balaban J connectivity index is 1.88. The van der Waals surface area contributed by atoms with Crippen LogP contribution in [0, 0.1) is 5.92 Å². The lowest BCUT2D eigenvalue weighted by Gasteiger charge is -2.31. The molecular weight excluding hydrogens is 268 g/mol. The summed E-state index contributed by atoms with van der Waals surface area (Å²) in [5, 5.41) is 2.81. The Kier molecular flexibility index (Phi) is 4.13. The van der Waals surface area contributed by atoms with E-state index in [-0.39, 0.29) is 35.3 Å². The third-order valence-corrected chi connectivity index (χ3v) is 5.58. The molecule has 2 rings (SSSR count). The SMILES string of the molecule is CC(=O)N1CCC[C@@H](C(=O)N[C@H]2CCS(=O)(=O)C2)C1. The molecule has 2 amide bonds. The number of hydrogen-bond donors (Lipinski definition) is 1. The summed E-state index contributed by atoms with van der Waals surface area (Å²) < 4.78 is 22.7. The molecule has 2 aliphatic heterocycles. The molecular formula is C12H20N2O4S. The number of nitrogens with zero attached hydrogens (tertiary/aromatic N) is 1. The third-order valence-electron chi connectivity index (χ3n) is 3.82. The number of carbonyl (C=O) groups is 2. The molecule has 0 aliphatic carbocycles. The highest BCUT2D eigenvalue weighted by molar-refractivity contribution is 7.91. The van der Waals surface area contributed by atoms with Gasteiger partial charge >= 0.3 is 0 Å². The first-order valence-corrected chi connectivity index (χ1v) is 8.46. The second-order valence-corrected chi connectivity index (χ2v) is 7.64. The molecule has 2 fully saturated rings. The maximum Gasteiger partial charge on any atom is 0.225 e. The van der Waals surface area contributed by atoms with E-state index in [1.54, 1.807) is 4.90 Å². The normalized spacial score (nSPS) is 30.1. The smallest absolute Gasteiger partial charge is 0.225 e. The minimum Gasteiger partial charge on any atom is -0.352 e. The molecule has 2 aliphatic rings. The first-order chi connectivity index (χ1) is 8.87. The van der Waals surface area contributed by atoms with E-state index in [9.17, 15) is 18.0 Å². The van der Waals surface area contributed by atoms with Gasteiger partial charge < -0.3 is 10.2 Å². The zero-order valence-corrected chi connectivity index (χ0v) is 11.9. The van der Waals surface area contributed by atoms with Crippen molar-refractivity contribution in [2.75, 3.05) is 24.6 Å². The van der Waals surface area contributed by atoms with Gasteiger partial charge in [-0.05, 0) is 19.3 Å². The Hall–Kier alpha value is -1.11. The van der Waals surface area contributed by atoms with Crippen molar-refractivity contribution in [2.24, 2.45) is 5.92 Å². The Bertz CT molecular complexity index is 474. The lowest BCUT2D eigenvalue weighted by Crippen LogP contribution is -2.47. The Morgan fingerprint density at radius 1 is 1.26 bits per heavy atom. The Morgan fingerprint density at radius 2 is 2.00 bits per heavy atom. The third kappa shape index (κ3) is 3.68. The maximum atomic E-state index is 12.1. The molecule has 108 valence electrons. The quantitative estimate of drug-likeness (QED) is 0.746.